The minimum Gasteiger partial charge on any atom is -0.480 e. The van der Waals surface area contributed by atoms with Crippen LogP contribution in [0.1, 0.15) is 20.8 Å². The normalized spacial score (nSPS) is 37.6. The van der Waals surface area contributed by atoms with Gasteiger partial charge in [0.05, 0.1) is 18.1 Å². The first-order valence-electron chi connectivity index (χ1n) is 6.78. The number of carbonyl (C=O) groups excluding carboxylic acids is 2. The van der Waals surface area contributed by atoms with Crippen molar-refractivity contribution >= 4 is 17.8 Å². The number of piperazine rings is 1. The number of rotatable bonds is 2. The van der Waals surface area contributed by atoms with Crippen molar-refractivity contribution in [3.05, 3.63) is 0 Å². The second-order valence-electron chi connectivity index (χ2n) is 5.56. The minimum absolute atomic E-state index is 0.00284. The highest BCUT2D eigenvalue weighted by Gasteiger charge is 2.46. The van der Waals surface area contributed by atoms with Crippen molar-refractivity contribution in [1.29, 1.82) is 0 Å². The van der Waals surface area contributed by atoms with Crippen molar-refractivity contribution in [3.8, 4) is 0 Å². The molecule has 2 aliphatic heterocycles. The Labute approximate surface area is 117 Å². The van der Waals surface area contributed by atoms with Gasteiger partial charge in [0.2, 0.25) is 11.8 Å². The molecule has 2 saturated heterocycles. The van der Waals surface area contributed by atoms with Gasteiger partial charge in [0.25, 0.3) is 0 Å². The molecule has 0 aromatic heterocycles. The number of hydrogen-bond acceptors (Lipinski definition) is 4. The molecule has 2 heterocycles. The van der Waals surface area contributed by atoms with Gasteiger partial charge in [-0.2, -0.15) is 0 Å². The number of carboxylic acids is 1. The molecule has 0 saturated carbocycles. The van der Waals surface area contributed by atoms with Crippen LogP contribution in [0.25, 0.3) is 0 Å². The molecule has 2 amide bonds. The predicted molar refractivity (Wildman–Crippen MR) is 68.8 cm³/mol. The highest BCUT2D eigenvalue weighted by molar-refractivity contribution is 5.92. The van der Waals surface area contributed by atoms with Crippen molar-refractivity contribution in [3.63, 3.8) is 0 Å². The van der Waals surface area contributed by atoms with E-state index in [0.29, 0.717) is 0 Å². The second-order valence-corrected chi connectivity index (χ2v) is 5.56. The monoisotopic (exact) mass is 284 g/mol. The number of nitrogens with one attached hydrogen (secondary N) is 1. The van der Waals surface area contributed by atoms with Gasteiger partial charge < -0.3 is 20.1 Å². The van der Waals surface area contributed by atoms with Gasteiger partial charge in [-0.05, 0) is 19.8 Å². The number of aliphatic carboxylic acids is 1. The van der Waals surface area contributed by atoms with E-state index in [1.807, 2.05) is 20.8 Å². The topological polar surface area (TPSA) is 95.9 Å². The summed E-state index contributed by atoms with van der Waals surface area (Å²) < 4.78 is 5.63. The molecule has 0 spiro atoms. The van der Waals surface area contributed by atoms with Crippen LogP contribution in [-0.4, -0.2) is 59.1 Å². The van der Waals surface area contributed by atoms with E-state index in [0.717, 1.165) is 0 Å². The largest absolute Gasteiger partial charge is 0.480 e. The van der Waals surface area contributed by atoms with Crippen molar-refractivity contribution in [2.45, 2.75) is 39.0 Å². The number of carboxylic acid groups (broad SMARTS) is 1. The second kappa shape index (κ2) is 5.40. The summed E-state index contributed by atoms with van der Waals surface area (Å²) >= 11 is 0. The lowest BCUT2D eigenvalue weighted by molar-refractivity contribution is -0.157. The fourth-order valence-electron chi connectivity index (χ4n) is 2.98. The van der Waals surface area contributed by atoms with Crippen LogP contribution in [0.3, 0.4) is 0 Å². The Morgan fingerprint density at radius 1 is 1.30 bits per heavy atom. The van der Waals surface area contributed by atoms with Crippen LogP contribution in [0.5, 0.6) is 0 Å². The summed E-state index contributed by atoms with van der Waals surface area (Å²) in [6.45, 7) is 5.36. The van der Waals surface area contributed by atoms with Crippen molar-refractivity contribution in [1.82, 2.24) is 10.2 Å². The first-order valence-corrected chi connectivity index (χ1v) is 6.78. The lowest BCUT2D eigenvalue weighted by Crippen LogP contribution is -2.61. The van der Waals surface area contributed by atoms with Crippen molar-refractivity contribution < 1.29 is 24.2 Å². The van der Waals surface area contributed by atoms with Crippen LogP contribution in [0.15, 0.2) is 0 Å². The molecule has 2 aliphatic rings. The molecule has 2 rings (SSSR count). The molecule has 0 aliphatic carbocycles. The SMILES string of the molecule is CC1OC(C)C(C(=O)N2CC(=O)NCC2C(=O)O)C1C. The summed E-state index contributed by atoms with van der Waals surface area (Å²) in [6.07, 6.45) is -0.326. The van der Waals surface area contributed by atoms with Gasteiger partial charge in [0.1, 0.15) is 12.6 Å². The number of hydrogen-bond donors (Lipinski definition) is 2. The maximum absolute atomic E-state index is 12.6. The molecule has 0 radical (unpaired) electrons. The summed E-state index contributed by atoms with van der Waals surface area (Å²) in [5.41, 5.74) is 0. The Hall–Kier alpha value is -1.63. The molecule has 2 N–H and O–H groups in total. The quantitative estimate of drug-likeness (QED) is 0.710. The highest BCUT2D eigenvalue weighted by Crippen LogP contribution is 2.34. The molecular formula is C13H20N2O5. The fraction of sp³-hybridized carbons (Fsp3) is 0.769. The molecule has 2 fully saturated rings. The summed E-state index contributed by atoms with van der Waals surface area (Å²) in [7, 11) is 0. The number of nitrogens with zero attached hydrogens (tertiary/aromatic N) is 1. The Bertz CT molecular complexity index is 438. The zero-order valence-corrected chi connectivity index (χ0v) is 11.8. The maximum atomic E-state index is 12.6. The van der Waals surface area contributed by atoms with Crippen LogP contribution in [-0.2, 0) is 19.1 Å². The molecule has 7 nitrogen and oxygen atoms in total. The zero-order chi connectivity index (χ0) is 15.0. The third kappa shape index (κ3) is 2.49. The van der Waals surface area contributed by atoms with Gasteiger partial charge in [-0.25, -0.2) is 4.79 Å². The molecule has 0 bridgehead atoms. The maximum Gasteiger partial charge on any atom is 0.328 e. The molecule has 5 atom stereocenters. The number of carbonyl (C=O) groups is 3. The van der Waals surface area contributed by atoms with Gasteiger partial charge in [0.15, 0.2) is 0 Å². The van der Waals surface area contributed by atoms with E-state index in [4.69, 9.17) is 4.74 Å². The lowest BCUT2D eigenvalue weighted by Gasteiger charge is -2.35. The van der Waals surface area contributed by atoms with E-state index in [1.54, 1.807) is 0 Å². The third-order valence-corrected chi connectivity index (χ3v) is 4.28. The third-order valence-electron chi connectivity index (χ3n) is 4.28. The summed E-state index contributed by atoms with van der Waals surface area (Å²) in [5, 5.41) is 11.7. The van der Waals surface area contributed by atoms with Gasteiger partial charge in [-0.1, -0.05) is 6.92 Å². The fourth-order valence-corrected chi connectivity index (χ4v) is 2.98. The Balaban J connectivity index is 2.21. The molecule has 20 heavy (non-hydrogen) atoms. The van der Waals surface area contributed by atoms with Crippen LogP contribution >= 0.6 is 0 Å². The van der Waals surface area contributed by atoms with Gasteiger partial charge in [-0.3, -0.25) is 9.59 Å². The van der Waals surface area contributed by atoms with Crippen LogP contribution in [0.4, 0.5) is 0 Å². The summed E-state index contributed by atoms with van der Waals surface area (Å²) in [5.74, 6) is -2.15. The van der Waals surface area contributed by atoms with E-state index in [9.17, 15) is 19.5 Å². The summed E-state index contributed by atoms with van der Waals surface area (Å²) in [4.78, 5) is 36.5. The smallest absolute Gasteiger partial charge is 0.328 e. The van der Waals surface area contributed by atoms with E-state index >= 15 is 0 Å². The van der Waals surface area contributed by atoms with E-state index in [-0.39, 0.29) is 43.0 Å². The average Bonchev–Trinajstić information content (AvgIpc) is 2.62. The Morgan fingerprint density at radius 2 is 1.95 bits per heavy atom. The lowest BCUT2D eigenvalue weighted by atomic mass is 9.87. The molecule has 112 valence electrons. The van der Waals surface area contributed by atoms with Crippen LogP contribution in [0.2, 0.25) is 0 Å². The van der Waals surface area contributed by atoms with E-state index in [2.05, 4.69) is 5.32 Å². The Morgan fingerprint density at radius 3 is 2.45 bits per heavy atom. The number of amides is 2. The average molecular weight is 284 g/mol. The van der Waals surface area contributed by atoms with Crippen molar-refractivity contribution in [2.24, 2.45) is 11.8 Å². The molecule has 7 heteroatoms. The first-order chi connectivity index (χ1) is 9.32. The van der Waals surface area contributed by atoms with Gasteiger partial charge >= 0.3 is 5.97 Å². The zero-order valence-electron chi connectivity index (χ0n) is 11.8. The number of ether oxygens (including phenoxy) is 1. The first kappa shape index (κ1) is 14.8. The minimum atomic E-state index is -1.11. The molecule has 0 aromatic rings. The van der Waals surface area contributed by atoms with Crippen LogP contribution in [0, 0.1) is 11.8 Å². The Kier molecular flexibility index (Phi) is 3.99. The van der Waals surface area contributed by atoms with Crippen molar-refractivity contribution in [2.75, 3.05) is 13.1 Å². The van der Waals surface area contributed by atoms with E-state index in [1.165, 1.54) is 4.90 Å². The molecular weight excluding hydrogens is 264 g/mol. The predicted octanol–water partition coefficient (Wildman–Crippen LogP) is -0.542. The standard InChI is InChI=1S/C13H20N2O5/c1-6-7(2)20-8(3)11(6)12(17)15-5-10(16)14-4-9(15)13(18)19/h6-9,11H,4-5H2,1-3H3,(H,14,16)(H,18,19). The van der Waals surface area contributed by atoms with Crippen LogP contribution < -0.4 is 5.32 Å². The van der Waals surface area contributed by atoms with Gasteiger partial charge in [-0.15, -0.1) is 0 Å². The molecule has 5 unspecified atom stereocenters. The molecule has 0 aromatic carbocycles. The highest BCUT2D eigenvalue weighted by atomic mass is 16.5. The van der Waals surface area contributed by atoms with Gasteiger partial charge in [0, 0.05) is 6.54 Å². The summed E-state index contributed by atoms with van der Waals surface area (Å²) in [6, 6.07) is -1.00. The van der Waals surface area contributed by atoms with E-state index < -0.39 is 17.9 Å².